The Kier molecular flexibility index (Phi) is 5.84. The van der Waals surface area contributed by atoms with Gasteiger partial charge in [-0.2, -0.15) is 4.31 Å². The van der Waals surface area contributed by atoms with Crippen molar-refractivity contribution in [3.05, 3.63) is 16.5 Å². The first-order chi connectivity index (χ1) is 10.3. The molecule has 1 amide bonds. The molecule has 1 unspecified atom stereocenters. The molecule has 0 aromatic carbocycles. The van der Waals surface area contributed by atoms with Gasteiger partial charge in [0, 0.05) is 38.6 Å². The lowest BCUT2D eigenvalue weighted by Crippen LogP contribution is -2.50. The summed E-state index contributed by atoms with van der Waals surface area (Å²) in [6.45, 7) is 3.31. The lowest BCUT2D eigenvalue weighted by atomic mass is 10.2. The van der Waals surface area contributed by atoms with Gasteiger partial charge in [-0.05, 0) is 25.5 Å². The number of carbonyl (C=O) groups is 1. The molecule has 124 valence electrons. The van der Waals surface area contributed by atoms with Crippen molar-refractivity contribution in [2.75, 3.05) is 26.2 Å². The molecule has 1 saturated heterocycles. The molecule has 1 atom stereocenters. The van der Waals surface area contributed by atoms with Gasteiger partial charge in [-0.1, -0.05) is 11.6 Å². The van der Waals surface area contributed by atoms with Gasteiger partial charge in [0.25, 0.3) is 10.0 Å². The van der Waals surface area contributed by atoms with E-state index in [0.29, 0.717) is 43.4 Å². The minimum absolute atomic E-state index is 0.00538. The first-order valence-electron chi connectivity index (χ1n) is 7.09. The fourth-order valence-electron chi connectivity index (χ4n) is 2.25. The van der Waals surface area contributed by atoms with Crippen molar-refractivity contribution in [2.45, 2.75) is 30.0 Å². The topological polar surface area (TPSA) is 83.7 Å². The molecule has 0 aliphatic carbocycles. The molecule has 1 aliphatic heterocycles. The average molecular weight is 366 g/mol. The molecular weight excluding hydrogens is 346 g/mol. The number of thiophene rings is 1. The Morgan fingerprint density at radius 3 is 2.50 bits per heavy atom. The van der Waals surface area contributed by atoms with E-state index in [4.69, 9.17) is 17.3 Å². The summed E-state index contributed by atoms with van der Waals surface area (Å²) in [5, 5.41) is 0. The third-order valence-corrected chi connectivity index (χ3v) is 7.14. The molecule has 2 rings (SSSR count). The van der Waals surface area contributed by atoms with Crippen LogP contribution in [0.15, 0.2) is 16.3 Å². The van der Waals surface area contributed by atoms with Crippen molar-refractivity contribution >= 4 is 38.9 Å². The summed E-state index contributed by atoms with van der Waals surface area (Å²) < 4.78 is 27.0. The van der Waals surface area contributed by atoms with Gasteiger partial charge in [0.15, 0.2) is 0 Å². The Bertz CT molecular complexity index is 622. The van der Waals surface area contributed by atoms with Crippen LogP contribution in [-0.2, 0) is 14.8 Å². The van der Waals surface area contributed by atoms with E-state index in [1.54, 1.807) is 11.0 Å². The highest BCUT2D eigenvalue weighted by Gasteiger charge is 2.30. The SMILES string of the molecule is CC(N)CCC(=O)N1CCN(S(=O)(=O)c2ccc(Cl)s2)CC1. The lowest BCUT2D eigenvalue weighted by Gasteiger charge is -2.33. The van der Waals surface area contributed by atoms with Crippen molar-refractivity contribution in [3.63, 3.8) is 0 Å². The molecule has 0 saturated carbocycles. The molecule has 22 heavy (non-hydrogen) atoms. The van der Waals surface area contributed by atoms with E-state index in [-0.39, 0.29) is 16.2 Å². The Hall–Kier alpha value is -0.670. The van der Waals surface area contributed by atoms with E-state index in [1.165, 1.54) is 10.4 Å². The number of sulfonamides is 1. The number of halogens is 1. The molecule has 0 spiro atoms. The van der Waals surface area contributed by atoms with E-state index in [1.807, 2.05) is 6.92 Å². The molecule has 1 aromatic heterocycles. The zero-order valence-electron chi connectivity index (χ0n) is 12.4. The van der Waals surface area contributed by atoms with Crippen LogP contribution in [0.2, 0.25) is 4.34 Å². The quantitative estimate of drug-likeness (QED) is 0.853. The smallest absolute Gasteiger partial charge is 0.252 e. The van der Waals surface area contributed by atoms with Crippen LogP contribution in [0.5, 0.6) is 0 Å². The van der Waals surface area contributed by atoms with E-state index in [0.717, 1.165) is 11.3 Å². The monoisotopic (exact) mass is 365 g/mol. The molecule has 1 fully saturated rings. The highest BCUT2D eigenvalue weighted by atomic mass is 35.5. The van der Waals surface area contributed by atoms with Gasteiger partial charge in [-0.25, -0.2) is 8.42 Å². The third-order valence-electron chi connectivity index (χ3n) is 3.55. The molecule has 2 heterocycles. The van der Waals surface area contributed by atoms with Crippen LogP contribution in [0.25, 0.3) is 0 Å². The van der Waals surface area contributed by atoms with Gasteiger partial charge in [0.2, 0.25) is 5.91 Å². The Balaban J connectivity index is 1.93. The number of rotatable bonds is 5. The molecule has 1 aliphatic rings. The molecular formula is C13H20ClN3O3S2. The normalized spacial score (nSPS) is 18.4. The van der Waals surface area contributed by atoms with E-state index < -0.39 is 10.0 Å². The first kappa shape index (κ1) is 17.7. The summed E-state index contributed by atoms with van der Waals surface area (Å²) in [4.78, 5) is 13.7. The van der Waals surface area contributed by atoms with Crippen molar-refractivity contribution in [1.82, 2.24) is 9.21 Å². The van der Waals surface area contributed by atoms with Crippen molar-refractivity contribution in [3.8, 4) is 0 Å². The van der Waals surface area contributed by atoms with Crippen molar-refractivity contribution in [1.29, 1.82) is 0 Å². The average Bonchev–Trinajstić information content (AvgIpc) is 2.92. The number of nitrogens with zero attached hydrogens (tertiary/aromatic N) is 2. The van der Waals surface area contributed by atoms with Crippen LogP contribution < -0.4 is 5.73 Å². The Morgan fingerprint density at radius 1 is 1.36 bits per heavy atom. The van der Waals surface area contributed by atoms with Crippen LogP contribution in [0.4, 0.5) is 0 Å². The maximum Gasteiger partial charge on any atom is 0.252 e. The van der Waals surface area contributed by atoms with E-state index >= 15 is 0 Å². The van der Waals surface area contributed by atoms with E-state index in [9.17, 15) is 13.2 Å². The molecule has 0 radical (unpaired) electrons. The molecule has 1 aromatic rings. The molecule has 9 heteroatoms. The van der Waals surface area contributed by atoms with E-state index in [2.05, 4.69) is 0 Å². The minimum Gasteiger partial charge on any atom is -0.340 e. The summed E-state index contributed by atoms with van der Waals surface area (Å²) in [5.74, 6) is 0.0357. The zero-order valence-corrected chi connectivity index (χ0v) is 14.8. The fourth-order valence-corrected chi connectivity index (χ4v) is 5.31. The van der Waals surface area contributed by atoms with Gasteiger partial charge < -0.3 is 10.6 Å². The Labute approximate surface area is 139 Å². The zero-order chi connectivity index (χ0) is 16.3. The number of carbonyl (C=O) groups excluding carboxylic acids is 1. The van der Waals surface area contributed by atoms with Gasteiger partial charge in [0.1, 0.15) is 4.21 Å². The summed E-state index contributed by atoms with van der Waals surface area (Å²) in [5.41, 5.74) is 5.65. The predicted molar refractivity (Wildman–Crippen MR) is 87.6 cm³/mol. The fraction of sp³-hybridized carbons (Fsp3) is 0.615. The van der Waals surface area contributed by atoms with Gasteiger partial charge in [-0.15, -0.1) is 11.3 Å². The number of hydrogen-bond acceptors (Lipinski definition) is 5. The van der Waals surface area contributed by atoms with Crippen LogP contribution >= 0.6 is 22.9 Å². The largest absolute Gasteiger partial charge is 0.340 e. The van der Waals surface area contributed by atoms with Crippen LogP contribution in [0.3, 0.4) is 0 Å². The van der Waals surface area contributed by atoms with Crippen LogP contribution in [0, 0.1) is 0 Å². The van der Waals surface area contributed by atoms with Crippen molar-refractivity contribution in [2.24, 2.45) is 5.73 Å². The lowest BCUT2D eigenvalue weighted by molar-refractivity contribution is -0.132. The second-order valence-electron chi connectivity index (χ2n) is 5.36. The predicted octanol–water partition coefficient (Wildman–Crippen LogP) is 1.36. The number of nitrogens with two attached hydrogens (primary N) is 1. The van der Waals surface area contributed by atoms with Gasteiger partial charge >= 0.3 is 0 Å². The van der Waals surface area contributed by atoms with Crippen LogP contribution in [0.1, 0.15) is 19.8 Å². The first-order valence-corrected chi connectivity index (χ1v) is 9.73. The third kappa shape index (κ3) is 4.20. The summed E-state index contributed by atoms with van der Waals surface area (Å²) in [6.07, 6.45) is 1.05. The molecule has 0 bridgehead atoms. The number of piperazine rings is 1. The second kappa shape index (κ2) is 7.27. The molecule has 2 N–H and O–H groups in total. The minimum atomic E-state index is -3.51. The Morgan fingerprint density at radius 2 is 2.00 bits per heavy atom. The summed E-state index contributed by atoms with van der Waals surface area (Å²) in [6, 6.07) is 3.09. The van der Waals surface area contributed by atoms with Crippen LogP contribution in [-0.4, -0.2) is 55.8 Å². The van der Waals surface area contributed by atoms with Gasteiger partial charge in [-0.3, -0.25) is 4.79 Å². The standard InChI is InChI=1S/C13H20ClN3O3S2/c1-10(15)2-4-12(18)16-6-8-17(9-7-16)22(19,20)13-5-3-11(14)21-13/h3,5,10H,2,4,6-9,15H2,1H3. The number of amides is 1. The second-order valence-corrected chi connectivity index (χ2v) is 9.24. The molecule has 6 nitrogen and oxygen atoms in total. The maximum absolute atomic E-state index is 12.4. The summed E-state index contributed by atoms with van der Waals surface area (Å²) >= 11 is 6.85. The van der Waals surface area contributed by atoms with Crippen molar-refractivity contribution < 1.29 is 13.2 Å². The highest BCUT2D eigenvalue weighted by Crippen LogP contribution is 2.28. The summed E-state index contributed by atoms with van der Waals surface area (Å²) in [7, 11) is -3.51. The maximum atomic E-state index is 12.4. The number of hydrogen-bond donors (Lipinski definition) is 1. The highest BCUT2D eigenvalue weighted by molar-refractivity contribution is 7.91. The van der Waals surface area contributed by atoms with Gasteiger partial charge in [0.05, 0.1) is 4.34 Å².